The van der Waals surface area contributed by atoms with Gasteiger partial charge in [0.05, 0.1) is 11.9 Å². The number of amides is 1. The molecule has 1 aliphatic rings. The molecule has 1 unspecified atom stereocenters. The average molecular weight is 290 g/mol. The Bertz CT molecular complexity index is 496. The Hall–Kier alpha value is -1.78. The second kappa shape index (κ2) is 7.29. The molecule has 0 bridgehead atoms. The van der Waals surface area contributed by atoms with E-state index < -0.39 is 0 Å². The number of likely N-dealkylation sites (N-methyl/N-ethyl adjacent to an activating group) is 1. The Morgan fingerprint density at radius 3 is 2.81 bits per heavy atom. The van der Waals surface area contributed by atoms with E-state index in [-0.39, 0.29) is 12.5 Å². The first-order valence-corrected chi connectivity index (χ1v) is 7.73. The second-order valence-corrected chi connectivity index (χ2v) is 6.03. The number of hydrogen-bond acceptors (Lipinski definition) is 3. The van der Waals surface area contributed by atoms with Crippen molar-refractivity contribution < 1.29 is 4.79 Å². The number of anilines is 1. The van der Waals surface area contributed by atoms with E-state index in [9.17, 15) is 4.79 Å². The summed E-state index contributed by atoms with van der Waals surface area (Å²) in [6, 6.07) is 0.292. The summed E-state index contributed by atoms with van der Waals surface area (Å²) in [5.41, 5.74) is 2.53. The normalized spacial score (nSPS) is 16.4. The summed E-state index contributed by atoms with van der Waals surface area (Å²) in [6.07, 6.45) is 12.5. The van der Waals surface area contributed by atoms with Crippen LogP contribution in [-0.4, -0.2) is 40.7 Å². The zero-order chi connectivity index (χ0) is 15.2. The van der Waals surface area contributed by atoms with E-state index in [0.717, 1.165) is 5.69 Å². The molecule has 0 saturated heterocycles. The van der Waals surface area contributed by atoms with Crippen LogP contribution in [0.15, 0.2) is 24.0 Å². The van der Waals surface area contributed by atoms with Gasteiger partial charge < -0.3 is 10.2 Å². The van der Waals surface area contributed by atoms with Gasteiger partial charge in [0.1, 0.15) is 6.54 Å². The minimum Gasteiger partial charge on any atom is -0.377 e. The maximum atomic E-state index is 11.6. The molecule has 0 aromatic carbocycles. The molecule has 5 nitrogen and oxygen atoms in total. The van der Waals surface area contributed by atoms with Crippen molar-refractivity contribution in [1.82, 2.24) is 14.7 Å². The maximum Gasteiger partial charge on any atom is 0.243 e. The molecular formula is C16H26N4O. The molecule has 2 rings (SSSR count). The predicted molar refractivity (Wildman–Crippen MR) is 85.2 cm³/mol. The van der Waals surface area contributed by atoms with Gasteiger partial charge in [0.2, 0.25) is 5.91 Å². The van der Waals surface area contributed by atoms with E-state index in [1.54, 1.807) is 35.4 Å². The second-order valence-electron chi connectivity index (χ2n) is 6.03. The van der Waals surface area contributed by atoms with Crippen molar-refractivity contribution in [3.63, 3.8) is 0 Å². The summed E-state index contributed by atoms with van der Waals surface area (Å²) in [4.78, 5) is 13.2. The Kier molecular flexibility index (Phi) is 5.42. The lowest BCUT2D eigenvalue weighted by atomic mass is 9.93. The van der Waals surface area contributed by atoms with Crippen LogP contribution < -0.4 is 5.32 Å². The summed E-state index contributed by atoms with van der Waals surface area (Å²) in [5, 5.41) is 7.65. The Morgan fingerprint density at radius 1 is 1.43 bits per heavy atom. The largest absolute Gasteiger partial charge is 0.377 e. The first-order chi connectivity index (χ1) is 10.0. The van der Waals surface area contributed by atoms with Gasteiger partial charge >= 0.3 is 0 Å². The topological polar surface area (TPSA) is 50.2 Å². The van der Waals surface area contributed by atoms with Crippen LogP contribution in [0.25, 0.3) is 0 Å². The van der Waals surface area contributed by atoms with Crippen LogP contribution in [0.4, 0.5) is 5.69 Å². The summed E-state index contributed by atoms with van der Waals surface area (Å²) >= 11 is 0. The lowest BCUT2D eigenvalue weighted by Crippen LogP contribution is -2.26. The van der Waals surface area contributed by atoms with E-state index in [1.165, 1.54) is 32.1 Å². The lowest BCUT2D eigenvalue weighted by Gasteiger charge is -2.17. The molecular weight excluding hydrogens is 264 g/mol. The number of nitrogens with one attached hydrogen (secondary N) is 1. The standard InChI is InChI=1S/C16H26N4O/c1-13(9-14-7-5-4-6-8-14)18-15-10-17-20(11-15)12-16(21)19(2)3/h9-11,13,18H,4-8,12H2,1-3H3. The number of nitrogens with zero attached hydrogens (tertiary/aromatic N) is 3. The quantitative estimate of drug-likeness (QED) is 0.848. The zero-order valence-electron chi connectivity index (χ0n) is 13.3. The molecule has 116 valence electrons. The molecule has 1 amide bonds. The van der Waals surface area contributed by atoms with E-state index in [1.807, 2.05) is 6.20 Å². The average Bonchev–Trinajstić information content (AvgIpc) is 2.86. The summed E-state index contributed by atoms with van der Waals surface area (Å²) in [6.45, 7) is 2.44. The molecule has 0 radical (unpaired) electrons. The molecule has 5 heteroatoms. The molecule has 1 saturated carbocycles. The summed E-state index contributed by atoms with van der Waals surface area (Å²) in [7, 11) is 3.51. The summed E-state index contributed by atoms with van der Waals surface area (Å²) in [5.74, 6) is 0.0435. The number of carbonyl (C=O) groups excluding carboxylic acids is 1. The molecule has 1 fully saturated rings. The van der Waals surface area contributed by atoms with Crippen molar-refractivity contribution in [1.29, 1.82) is 0 Å². The van der Waals surface area contributed by atoms with Crippen LogP contribution in [0.5, 0.6) is 0 Å². The van der Waals surface area contributed by atoms with E-state index in [4.69, 9.17) is 0 Å². The Labute approximate surface area is 127 Å². The monoisotopic (exact) mass is 290 g/mol. The highest BCUT2D eigenvalue weighted by Gasteiger charge is 2.09. The van der Waals surface area contributed by atoms with E-state index in [2.05, 4.69) is 23.4 Å². The molecule has 1 heterocycles. The third-order valence-electron chi connectivity index (χ3n) is 3.81. The van der Waals surface area contributed by atoms with Crippen LogP contribution in [0.3, 0.4) is 0 Å². The van der Waals surface area contributed by atoms with Crippen LogP contribution in [-0.2, 0) is 11.3 Å². The van der Waals surface area contributed by atoms with Gasteiger partial charge in [0, 0.05) is 26.3 Å². The van der Waals surface area contributed by atoms with Crippen molar-refractivity contribution in [2.45, 2.75) is 51.6 Å². The van der Waals surface area contributed by atoms with E-state index in [0.29, 0.717) is 6.04 Å². The lowest BCUT2D eigenvalue weighted by molar-refractivity contribution is -0.129. The molecule has 0 spiro atoms. The molecule has 21 heavy (non-hydrogen) atoms. The number of carbonyl (C=O) groups is 1. The van der Waals surface area contributed by atoms with Gasteiger partial charge in [-0.2, -0.15) is 5.10 Å². The Morgan fingerprint density at radius 2 is 2.14 bits per heavy atom. The fraction of sp³-hybridized carbons (Fsp3) is 0.625. The third-order valence-corrected chi connectivity index (χ3v) is 3.81. The third kappa shape index (κ3) is 4.92. The van der Waals surface area contributed by atoms with Crippen LogP contribution in [0, 0.1) is 0 Å². The first-order valence-electron chi connectivity index (χ1n) is 7.73. The smallest absolute Gasteiger partial charge is 0.243 e. The van der Waals surface area contributed by atoms with Gasteiger partial charge in [0.25, 0.3) is 0 Å². The first kappa shape index (κ1) is 15.6. The number of hydrogen-bond donors (Lipinski definition) is 1. The van der Waals surface area contributed by atoms with Crippen LogP contribution in [0.1, 0.15) is 39.0 Å². The highest BCUT2D eigenvalue weighted by Crippen LogP contribution is 2.23. The van der Waals surface area contributed by atoms with Crippen molar-refractivity contribution in [3.05, 3.63) is 24.0 Å². The number of allylic oxidation sites excluding steroid dienone is 1. The van der Waals surface area contributed by atoms with Crippen molar-refractivity contribution >= 4 is 11.6 Å². The van der Waals surface area contributed by atoms with Crippen molar-refractivity contribution in [2.24, 2.45) is 0 Å². The van der Waals surface area contributed by atoms with Gasteiger partial charge in [0.15, 0.2) is 0 Å². The number of aromatic nitrogens is 2. The number of rotatable bonds is 5. The predicted octanol–water partition coefficient (Wildman–Crippen LogP) is 2.66. The van der Waals surface area contributed by atoms with Crippen LogP contribution in [0.2, 0.25) is 0 Å². The van der Waals surface area contributed by atoms with Gasteiger partial charge in [-0.15, -0.1) is 0 Å². The minimum absolute atomic E-state index is 0.0435. The fourth-order valence-corrected chi connectivity index (χ4v) is 2.64. The van der Waals surface area contributed by atoms with Crippen molar-refractivity contribution in [3.8, 4) is 0 Å². The Balaban J connectivity index is 1.88. The van der Waals surface area contributed by atoms with E-state index >= 15 is 0 Å². The maximum absolute atomic E-state index is 11.6. The van der Waals surface area contributed by atoms with Crippen LogP contribution >= 0.6 is 0 Å². The molecule has 0 aliphatic heterocycles. The molecule has 1 aromatic rings. The molecule has 1 aromatic heterocycles. The molecule has 1 atom stereocenters. The van der Waals surface area contributed by atoms with Gasteiger partial charge in [-0.3, -0.25) is 9.48 Å². The highest BCUT2D eigenvalue weighted by atomic mass is 16.2. The zero-order valence-corrected chi connectivity index (χ0v) is 13.3. The summed E-state index contributed by atoms with van der Waals surface area (Å²) < 4.78 is 1.67. The SMILES string of the molecule is CC(C=C1CCCCC1)Nc1cnn(CC(=O)N(C)C)c1. The van der Waals surface area contributed by atoms with Gasteiger partial charge in [-0.25, -0.2) is 0 Å². The molecule has 1 N–H and O–H groups in total. The fourth-order valence-electron chi connectivity index (χ4n) is 2.64. The van der Waals surface area contributed by atoms with Gasteiger partial charge in [-0.1, -0.05) is 18.1 Å². The highest BCUT2D eigenvalue weighted by molar-refractivity contribution is 5.75. The van der Waals surface area contributed by atoms with Crippen molar-refractivity contribution in [2.75, 3.05) is 19.4 Å². The molecule has 1 aliphatic carbocycles. The minimum atomic E-state index is 0.0435. The van der Waals surface area contributed by atoms with Gasteiger partial charge in [-0.05, 0) is 32.6 Å².